The summed E-state index contributed by atoms with van der Waals surface area (Å²) in [6.45, 7) is 4.90. The van der Waals surface area contributed by atoms with Gasteiger partial charge in [0.1, 0.15) is 0 Å². The number of hydrogen-bond acceptors (Lipinski definition) is 3. The Balaban J connectivity index is 2.00. The average molecular weight is 270 g/mol. The van der Waals surface area contributed by atoms with E-state index in [1.807, 2.05) is 12.3 Å². The highest BCUT2D eigenvalue weighted by Crippen LogP contribution is 2.32. The molecule has 1 aromatic carbocycles. The summed E-state index contributed by atoms with van der Waals surface area (Å²) < 4.78 is 5.69. The fraction of sp³-hybridized carbons (Fsp3) is 0.471. The maximum atomic E-state index is 5.69. The third kappa shape index (κ3) is 2.69. The lowest BCUT2D eigenvalue weighted by Crippen LogP contribution is -2.33. The number of nitrogens with zero attached hydrogens (tertiary/aromatic N) is 1. The van der Waals surface area contributed by atoms with Gasteiger partial charge in [-0.05, 0) is 37.1 Å². The first kappa shape index (κ1) is 13.5. The minimum atomic E-state index is 0.355. The van der Waals surface area contributed by atoms with Gasteiger partial charge in [0.15, 0.2) is 0 Å². The molecule has 2 atom stereocenters. The molecule has 0 radical (unpaired) electrons. The van der Waals surface area contributed by atoms with Crippen LogP contribution in [0.3, 0.4) is 0 Å². The molecule has 0 amide bonds. The predicted molar refractivity (Wildman–Crippen MR) is 81.7 cm³/mol. The lowest BCUT2D eigenvalue weighted by molar-refractivity contribution is 0.0395. The Kier molecular flexibility index (Phi) is 4.28. The Hall–Kier alpha value is -1.45. The van der Waals surface area contributed by atoms with E-state index >= 15 is 0 Å². The molecule has 20 heavy (non-hydrogen) atoms. The van der Waals surface area contributed by atoms with Gasteiger partial charge in [0.05, 0.1) is 12.1 Å². The van der Waals surface area contributed by atoms with Crippen molar-refractivity contribution >= 4 is 10.9 Å². The van der Waals surface area contributed by atoms with Gasteiger partial charge < -0.3 is 10.1 Å². The van der Waals surface area contributed by atoms with Crippen molar-refractivity contribution in [1.82, 2.24) is 10.3 Å². The number of benzene rings is 1. The number of rotatable bonds is 4. The molecule has 3 rings (SSSR count). The SMILES string of the molecule is CCNC(c1cccc2ncccc12)C1CCCOC1. The zero-order valence-electron chi connectivity index (χ0n) is 12.0. The van der Waals surface area contributed by atoms with Crippen LogP contribution in [0.5, 0.6) is 0 Å². The van der Waals surface area contributed by atoms with Gasteiger partial charge in [-0.25, -0.2) is 0 Å². The highest BCUT2D eigenvalue weighted by atomic mass is 16.5. The van der Waals surface area contributed by atoms with Crippen LogP contribution < -0.4 is 5.32 Å². The van der Waals surface area contributed by atoms with Crippen molar-refractivity contribution in [1.29, 1.82) is 0 Å². The molecule has 1 aliphatic rings. The Morgan fingerprint density at radius 3 is 3.10 bits per heavy atom. The number of aromatic nitrogens is 1. The number of ether oxygens (including phenoxy) is 1. The molecule has 0 spiro atoms. The van der Waals surface area contributed by atoms with E-state index in [2.05, 4.69) is 41.5 Å². The first-order chi connectivity index (χ1) is 9.90. The second-order valence-corrected chi connectivity index (χ2v) is 5.43. The Morgan fingerprint density at radius 2 is 2.30 bits per heavy atom. The smallest absolute Gasteiger partial charge is 0.0705 e. The van der Waals surface area contributed by atoms with Crippen molar-refractivity contribution in [2.24, 2.45) is 5.92 Å². The van der Waals surface area contributed by atoms with Gasteiger partial charge in [-0.2, -0.15) is 0 Å². The Bertz CT molecular complexity index is 558. The first-order valence-electron chi connectivity index (χ1n) is 7.55. The lowest BCUT2D eigenvalue weighted by atomic mass is 9.87. The first-order valence-corrected chi connectivity index (χ1v) is 7.55. The van der Waals surface area contributed by atoms with Gasteiger partial charge in [-0.15, -0.1) is 0 Å². The van der Waals surface area contributed by atoms with Crippen molar-refractivity contribution < 1.29 is 4.74 Å². The zero-order chi connectivity index (χ0) is 13.8. The molecule has 2 heterocycles. The fourth-order valence-electron chi connectivity index (χ4n) is 3.18. The van der Waals surface area contributed by atoms with Crippen molar-refractivity contribution in [2.75, 3.05) is 19.8 Å². The second-order valence-electron chi connectivity index (χ2n) is 5.43. The minimum Gasteiger partial charge on any atom is -0.381 e. The van der Waals surface area contributed by atoms with Crippen molar-refractivity contribution in [3.8, 4) is 0 Å². The van der Waals surface area contributed by atoms with Crippen LogP contribution in [0.4, 0.5) is 0 Å². The van der Waals surface area contributed by atoms with Gasteiger partial charge in [-0.1, -0.05) is 25.1 Å². The number of fused-ring (bicyclic) bond motifs is 1. The van der Waals surface area contributed by atoms with Crippen LogP contribution in [0.15, 0.2) is 36.5 Å². The van der Waals surface area contributed by atoms with Gasteiger partial charge in [0.25, 0.3) is 0 Å². The van der Waals surface area contributed by atoms with Crippen LogP contribution in [-0.4, -0.2) is 24.7 Å². The van der Waals surface area contributed by atoms with Gasteiger partial charge in [0, 0.05) is 30.1 Å². The van der Waals surface area contributed by atoms with Crippen LogP contribution in [0.25, 0.3) is 10.9 Å². The fourth-order valence-corrected chi connectivity index (χ4v) is 3.18. The summed E-state index contributed by atoms with van der Waals surface area (Å²) in [5, 5.41) is 4.91. The molecule has 1 aromatic heterocycles. The Labute approximate surface area is 120 Å². The van der Waals surface area contributed by atoms with Crippen LogP contribution >= 0.6 is 0 Å². The highest BCUT2D eigenvalue weighted by molar-refractivity contribution is 5.82. The molecule has 1 N–H and O–H groups in total. The maximum Gasteiger partial charge on any atom is 0.0705 e. The monoisotopic (exact) mass is 270 g/mol. The van der Waals surface area contributed by atoms with Crippen molar-refractivity contribution in [3.05, 3.63) is 42.1 Å². The summed E-state index contributed by atoms with van der Waals surface area (Å²) in [6.07, 6.45) is 4.25. The molecule has 1 aliphatic heterocycles. The second kappa shape index (κ2) is 6.33. The van der Waals surface area contributed by atoms with E-state index in [-0.39, 0.29) is 0 Å². The van der Waals surface area contributed by atoms with E-state index in [1.54, 1.807) is 0 Å². The van der Waals surface area contributed by atoms with Gasteiger partial charge in [0.2, 0.25) is 0 Å². The van der Waals surface area contributed by atoms with Crippen molar-refractivity contribution in [3.63, 3.8) is 0 Å². The molecule has 0 saturated carbocycles. The van der Waals surface area contributed by atoms with E-state index in [4.69, 9.17) is 4.74 Å². The molecule has 3 heteroatoms. The van der Waals surface area contributed by atoms with Crippen LogP contribution in [0, 0.1) is 5.92 Å². The molecule has 0 bridgehead atoms. The third-order valence-electron chi connectivity index (χ3n) is 4.11. The van der Waals surface area contributed by atoms with Crippen LogP contribution in [-0.2, 0) is 4.74 Å². The number of hydrogen-bond donors (Lipinski definition) is 1. The van der Waals surface area contributed by atoms with E-state index < -0.39 is 0 Å². The number of nitrogens with one attached hydrogen (secondary N) is 1. The average Bonchev–Trinajstić information content (AvgIpc) is 2.53. The quantitative estimate of drug-likeness (QED) is 0.925. The summed E-state index contributed by atoms with van der Waals surface area (Å²) in [6, 6.07) is 11.0. The molecule has 3 nitrogen and oxygen atoms in total. The summed E-state index contributed by atoms with van der Waals surface area (Å²) >= 11 is 0. The largest absolute Gasteiger partial charge is 0.381 e. The normalized spacial score (nSPS) is 20.9. The molecule has 1 saturated heterocycles. The molecule has 2 unspecified atom stereocenters. The highest BCUT2D eigenvalue weighted by Gasteiger charge is 2.26. The molecule has 0 aliphatic carbocycles. The minimum absolute atomic E-state index is 0.355. The molecule has 1 fully saturated rings. The van der Waals surface area contributed by atoms with Crippen molar-refractivity contribution in [2.45, 2.75) is 25.8 Å². The Morgan fingerprint density at radius 1 is 1.35 bits per heavy atom. The van der Waals surface area contributed by atoms with Crippen LogP contribution in [0.1, 0.15) is 31.4 Å². The summed E-state index contributed by atoms with van der Waals surface area (Å²) in [7, 11) is 0. The van der Waals surface area contributed by atoms with Gasteiger partial charge >= 0.3 is 0 Å². The number of pyridine rings is 1. The van der Waals surface area contributed by atoms with E-state index in [1.165, 1.54) is 17.4 Å². The maximum absolute atomic E-state index is 5.69. The summed E-state index contributed by atoms with van der Waals surface area (Å²) in [5.41, 5.74) is 2.43. The molecule has 106 valence electrons. The molecular weight excluding hydrogens is 248 g/mol. The summed E-state index contributed by atoms with van der Waals surface area (Å²) in [5.74, 6) is 0.550. The standard InChI is InChI=1S/C17H22N2O/c1-2-18-17(13-6-5-11-20-12-13)15-7-3-9-16-14(15)8-4-10-19-16/h3-4,7-10,13,17-18H,2,5-6,11-12H2,1H3. The lowest BCUT2D eigenvalue weighted by Gasteiger charge is -2.31. The van der Waals surface area contributed by atoms with Gasteiger partial charge in [-0.3, -0.25) is 4.98 Å². The summed E-state index contributed by atoms with van der Waals surface area (Å²) in [4.78, 5) is 4.47. The topological polar surface area (TPSA) is 34.2 Å². The zero-order valence-corrected chi connectivity index (χ0v) is 12.0. The predicted octanol–water partition coefficient (Wildman–Crippen LogP) is 3.31. The molecular formula is C17H22N2O. The van der Waals surface area contributed by atoms with Crippen LogP contribution in [0.2, 0.25) is 0 Å². The van der Waals surface area contributed by atoms with E-state index in [0.29, 0.717) is 12.0 Å². The molecule has 2 aromatic rings. The van der Waals surface area contributed by atoms with E-state index in [0.717, 1.165) is 31.7 Å². The third-order valence-corrected chi connectivity index (χ3v) is 4.11. The van der Waals surface area contributed by atoms with E-state index in [9.17, 15) is 0 Å².